The summed E-state index contributed by atoms with van der Waals surface area (Å²) in [4.78, 5) is 4.60. The lowest BCUT2D eigenvalue weighted by atomic mass is 9.93. The molecule has 1 heterocycles. The molecule has 17 heavy (non-hydrogen) atoms. The van der Waals surface area contributed by atoms with Gasteiger partial charge in [0.15, 0.2) is 5.13 Å². The highest BCUT2D eigenvalue weighted by molar-refractivity contribution is 7.13. The molecule has 0 saturated carbocycles. The van der Waals surface area contributed by atoms with Crippen LogP contribution in [0.3, 0.4) is 0 Å². The minimum absolute atomic E-state index is 0.128. The van der Waals surface area contributed by atoms with Crippen LogP contribution in [0.4, 0.5) is 5.13 Å². The van der Waals surface area contributed by atoms with Crippen molar-refractivity contribution in [3.63, 3.8) is 0 Å². The van der Waals surface area contributed by atoms with Crippen molar-refractivity contribution in [1.29, 1.82) is 0 Å². The van der Waals surface area contributed by atoms with Crippen LogP contribution in [-0.4, -0.2) is 4.98 Å². The van der Waals surface area contributed by atoms with Crippen LogP contribution in [0, 0.1) is 0 Å². The van der Waals surface area contributed by atoms with Crippen LogP contribution in [0.25, 0.3) is 0 Å². The maximum atomic E-state index is 4.60. The topological polar surface area (TPSA) is 24.9 Å². The Hall–Kier alpha value is -1.35. The second-order valence-corrected chi connectivity index (χ2v) is 5.99. The van der Waals surface area contributed by atoms with Crippen molar-refractivity contribution in [3.8, 4) is 0 Å². The molecule has 1 aromatic carbocycles. The van der Waals surface area contributed by atoms with Crippen molar-refractivity contribution in [2.45, 2.75) is 32.7 Å². The van der Waals surface area contributed by atoms with Gasteiger partial charge in [-0.2, -0.15) is 0 Å². The summed E-state index contributed by atoms with van der Waals surface area (Å²) in [7, 11) is 0. The zero-order chi connectivity index (χ0) is 12.3. The fraction of sp³-hybridized carbons (Fsp3) is 0.357. The zero-order valence-corrected chi connectivity index (χ0v) is 11.3. The Morgan fingerprint density at radius 3 is 2.47 bits per heavy atom. The molecule has 0 unspecified atom stereocenters. The lowest BCUT2D eigenvalue weighted by molar-refractivity contribution is 0.573. The summed E-state index contributed by atoms with van der Waals surface area (Å²) in [6.45, 7) is 7.38. The van der Waals surface area contributed by atoms with E-state index in [-0.39, 0.29) is 5.41 Å². The lowest BCUT2D eigenvalue weighted by Crippen LogP contribution is -2.11. The van der Waals surface area contributed by atoms with Gasteiger partial charge in [-0.3, -0.25) is 0 Å². The van der Waals surface area contributed by atoms with Crippen LogP contribution >= 0.6 is 11.3 Å². The molecule has 0 aliphatic rings. The van der Waals surface area contributed by atoms with Crippen LogP contribution in [0.15, 0.2) is 35.7 Å². The summed E-state index contributed by atoms with van der Waals surface area (Å²) in [5.74, 6) is 0. The Morgan fingerprint density at radius 2 is 1.88 bits per heavy atom. The number of aromatic nitrogens is 1. The molecule has 0 radical (unpaired) electrons. The molecule has 0 aliphatic carbocycles. The van der Waals surface area contributed by atoms with E-state index in [1.807, 2.05) is 6.07 Å². The Kier molecular flexibility index (Phi) is 3.48. The number of benzene rings is 1. The number of thiazole rings is 1. The maximum Gasteiger partial charge on any atom is 0.183 e. The maximum absolute atomic E-state index is 4.60. The predicted octanol–water partition coefficient (Wildman–Crippen LogP) is 4.05. The molecule has 1 N–H and O–H groups in total. The summed E-state index contributed by atoms with van der Waals surface area (Å²) in [6.07, 6.45) is 0. The second-order valence-electron chi connectivity index (χ2n) is 5.13. The van der Waals surface area contributed by atoms with Crippen molar-refractivity contribution in [1.82, 2.24) is 4.98 Å². The minimum Gasteiger partial charge on any atom is -0.357 e. The number of rotatable bonds is 3. The van der Waals surface area contributed by atoms with E-state index in [2.05, 4.69) is 60.7 Å². The molecule has 2 nitrogen and oxygen atoms in total. The molecule has 2 aromatic rings. The first-order valence-corrected chi connectivity index (χ1v) is 6.67. The molecule has 0 spiro atoms. The van der Waals surface area contributed by atoms with Crippen molar-refractivity contribution < 1.29 is 0 Å². The highest BCUT2D eigenvalue weighted by atomic mass is 32.1. The highest BCUT2D eigenvalue weighted by Gasteiger charge is 2.17. The van der Waals surface area contributed by atoms with Crippen molar-refractivity contribution >= 4 is 16.5 Å². The van der Waals surface area contributed by atoms with Gasteiger partial charge in [0.1, 0.15) is 0 Å². The number of hydrogen-bond acceptors (Lipinski definition) is 3. The van der Waals surface area contributed by atoms with Gasteiger partial charge in [-0.1, -0.05) is 51.1 Å². The molecule has 0 atom stereocenters. The third-order valence-corrected chi connectivity index (χ3v) is 3.36. The fourth-order valence-corrected chi connectivity index (χ4v) is 2.41. The molecule has 0 bridgehead atoms. The van der Waals surface area contributed by atoms with Gasteiger partial charge >= 0.3 is 0 Å². The van der Waals surface area contributed by atoms with Crippen molar-refractivity contribution in [2.75, 3.05) is 5.32 Å². The quantitative estimate of drug-likeness (QED) is 0.883. The van der Waals surface area contributed by atoms with Gasteiger partial charge in [-0.05, 0) is 5.56 Å². The number of nitrogens with zero attached hydrogens (tertiary/aromatic N) is 1. The summed E-state index contributed by atoms with van der Waals surface area (Å²) in [5, 5.41) is 6.49. The first kappa shape index (κ1) is 12.1. The fourth-order valence-electron chi connectivity index (χ4n) is 1.47. The number of hydrogen-bond donors (Lipinski definition) is 1. The van der Waals surface area contributed by atoms with Crippen molar-refractivity contribution in [3.05, 3.63) is 47.0 Å². The first-order valence-electron chi connectivity index (χ1n) is 5.79. The summed E-state index contributed by atoms with van der Waals surface area (Å²) >= 11 is 1.67. The van der Waals surface area contributed by atoms with Gasteiger partial charge in [-0.25, -0.2) is 4.98 Å². The Bertz CT molecular complexity index is 468. The second kappa shape index (κ2) is 4.88. The summed E-state index contributed by atoms with van der Waals surface area (Å²) in [5.41, 5.74) is 2.56. The minimum atomic E-state index is 0.128. The van der Waals surface area contributed by atoms with E-state index < -0.39 is 0 Å². The van der Waals surface area contributed by atoms with E-state index in [0.717, 1.165) is 17.4 Å². The van der Waals surface area contributed by atoms with Gasteiger partial charge in [-0.15, -0.1) is 11.3 Å². The van der Waals surface area contributed by atoms with Crippen LogP contribution in [-0.2, 0) is 12.0 Å². The van der Waals surface area contributed by atoms with E-state index in [4.69, 9.17) is 0 Å². The van der Waals surface area contributed by atoms with Crippen LogP contribution < -0.4 is 5.32 Å². The molecule has 0 amide bonds. The number of nitrogens with one attached hydrogen (secondary N) is 1. The molecule has 90 valence electrons. The van der Waals surface area contributed by atoms with E-state index in [0.29, 0.717) is 0 Å². The smallest absolute Gasteiger partial charge is 0.183 e. The first-order chi connectivity index (χ1) is 8.05. The molecule has 3 heteroatoms. The van der Waals surface area contributed by atoms with E-state index in [1.165, 1.54) is 5.56 Å². The van der Waals surface area contributed by atoms with Gasteiger partial charge in [0.05, 0.1) is 5.69 Å². The van der Waals surface area contributed by atoms with E-state index in [9.17, 15) is 0 Å². The molecule has 0 fully saturated rings. The van der Waals surface area contributed by atoms with Crippen LogP contribution in [0.1, 0.15) is 32.0 Å². The SMILES string of the molecule is CC(C)(C)c1csc(NCc2ccccc2)n1. The van der Waals surface area contributed by atoms with Crippen molar-refractivity contribution in [2.24, 2.45) is 0 Å². The molecule has 0 saturated heterocycles. The van der Waals surface area contributed by atoms with Crippen LogP contribution in [0.2, 0.25) is 0 Å². The molecule has 1 aromatic heterocycles. The van der Waals surface area contributed by atoms with E-state index in [1.54, 1.807) is 11.3 Å². The largest absolute Gasteiger partial charge is 0.357 e. The monoisotopic (exact) mass is 246 g/mol. The number of anilines is 1. The third-order valence-electron chi connectivity index (χ3n) is 2.56. The summed E-state index contributed by atoms with van der Waals surface area (Å²) in [6, 6.07) is 10.4. The van der Waals surface area contributed by atoms with Gasteiger partial charge in [0, 0.05) is 17.3 Å². The summed E-state index contributed by atoms with van der Waals surface area (Å²) < 4.78 is 0. The Balaban J connectivity index is 1.99. The predicted molar refractivity (Wildman–Crippen MR) is 74.6 cm³/mol. The average molecular weight is 246 g/mol. The van der Waals surface area contributed by atoms with Gasteiger partial charge < -0.3 is 5.32 Å². The Labute approximate surface area is 107 Å². The molecule has 0 aliphatic heterocycles. The Morgan fingerprint density at radius 1 is 1.18 bits per heavy atom. The molecular formula is C14H18N2S. The molecule has 2 rings (SSSR count). The van der Waals surface area contributed by atoms with Crippen LogP contribution in [0.5, 0.6) is 0 Å². The highest BCUT2D eigenvalue weighted by Crippen LogP contribution is 2.26. The normalized spacial score (nSPS) is 11.5. The van der Waals surface area contributed by atoms with Gasteiger partial charge in [0.2, 0.25) is 0 Å². The van der Waals surface area contributed by atoms with Gasteiger partial charge in [0.25, 0.3) is 0 Å². The zero-order valence-electron chi connectivity index (χ0n) is 10.5. The molecular weight excluding hydrogens is 228 g/mol. The third kappa shape index (κ3) is 3.30. The standard InChI is InChI=1S/C14H18N2S/c1-14(2,3)12-10-17-13(16-12)15-9-11-7-5-4-6-8-11/h4-8,10H,9H2,1-3H3,(H,15,16). The average Bonchev–Trinajstić information content (AvgIpc) is 2.76. The lowest BCUT2D eigenvalue weighted by Gasteiger charge is -2.14. The van der Waals surface area contributed by atoms with E-state index >= 15 is 0 Å².